The lowest BCUT2D eigenvalue weighted by Crippen LogP contribution is -2.36. The standard InChI is InChI=1S/C14H24N4O/c1-4-14(6-5-7-14)10-16-12-8-11(15-2)17-13(18-12)9-19-3/h8H,4-7,9-10H2,1-3H3,(H2,15,16,17,18). The minimum absolute atomic E-state index is 0.434. The molecule has 5 nitrogen and oxygen atoms in total. The third kappa shape index (κ3) is 3.35. The van der Waals surface area contributed by atoms with Crippen LogP contribution in [0.3, 0.4) is 0 Å². The van der Waals surface area contributed by atoms with Crippen LogP contribution in [-0.2, 0) is 11.3 Å². The molecule has 1 aromatic heterocycles. The Morgan fingerprint density at radius 1 is 1.32 bits per heavy atom. The van der Waals surface area contributed by atoms with Gasteiger partial charge in [0.2, 0.25) is 0 Å². The zero-order valence-corrected chi connectivity index (χ0v) is 12.1. The fourth-order valence-electron chi connectivity index (χ4n) is 2.52. The van der Waals surface area contributed by atoms with Crippen LogP contribution in [0.15, 0.2) is 6.07 Å². The molecule has 19 heavy (non-hydrogen) atoms. The van der Waals surface area contributed by atoms with Crippen molar-refractivity contribution in [2.75, 3.05) is 31.3 Å². The summed E-state index contributed by atoms with van der Waals surface area (Å²) in [4.78, 5) is 8.83. The molecule has 0 unspecified atom stereocenters. The van der Waals surface area contributed by atoms with Gasteiger partial charge in [0.15, 0.2) is 5.82 Å². The van der Waals surface area contributed by atoms with Crippen molar-refractivity contribution in [2.24, 2.45) is 5.41 Å². The summed E-state index contributed by atoms with van der Waals surface area (Å²) in [6.45, 7) is 3.70. The maximum Gasteiger partial charge on any atom is 0.158 e. The van der Waals surface area contributed by atoms with Crippen molar-refractivity contribution in [3.05, 3.63) is 11.9 Å². The van der Waals surface area contributed by atoms with Crippen LogP contribution in [0.5, 0.6) is 0 Å². The molecule has 1 fully saturated rings. The van der Waals surface area contributed by atoms with Gasteiger partial charge in [-0.1, -0.05) is 13.3 Å². The van der Waals surface area contributed by atoms with Crippen LogP contribution < -0.4 is 10.6 Å². The van der Waals surface area contributed by atoms with E-state index in [0.29, 0.717) is 17.8 Å². The molecule has 2 N–H and O–H groups in total. The zero-order valence-electron chi connectivity index (χ0n) is 12.1. The van der Waals surface area contributed by atoms with Crippen LogP contribution in [0.4, 0.5) is 11.6 Å². The molecule has 0 saturated heterocycles. The van der Waals surface area contributed by atoms with Crippen LogP contribution in [0, 0.1) is 5.41 Å². The van der Waals surface area contributed by atoms with E-state index < -0.39 is 0 Å². The van der Waals surface area contributed by atoms with Gasteiger partial charge >= 0.3 is 0 Å². The Hall–Kier alpha value is -1.36. The van der Waals surface area contributed by atoms with Gasteiger partial charge in [-0.05, 0) is 24.7 Å². The topological polar surface area (TPSA) is 59.1 Å². The summed E-state index contributed by atoms with van der Waals surface area (Å²) in [5, 5.41) is 6.52. The van der Waals surface area contributed by atoms with Crippen molar-refractivity contribution in [2.45, 2.75) is 39.2 Å². The number of methoxy groups -OCH3 is 1. The van der Waals surface area contributed by atoms with Gasteiger partial charge < -0.3 is 15.4 Å². The van der Waals surface area contributed by atoms with E-state index in [0.717, 1.165) is 18.2 Å². The van der Waals surface area contributed by atoms with Crippen LogP contribution in [-0.4, -0.2) is 30.7 Å². The van der Waals surface area contributed by atoms with E-state index in [1.165, 1.54) is 25.7 Å². The third-order valence-electron chi connectivity index (χ3n) is 4.11. The Morgan fingerprint density at radius 3 is 2.58 bits per heavy atom. The van der Waals surface area contributed by atoms with E-state index in [1.54, 1.807) is 7.11 Å². The first-order valence-corrected chi connectivity index (χ1v) is 7.00. The molecule has 0 spiro atoms. The molecular formula is C14H24N4O. The summed E-state index contributed by atoms with van der Waals surface area (Å²) < 4.78 is 5.10. The van der Waals surface area contributed by atoms with Gasteiger partial charge in [-0.3, -0.25) is 0 Å². The van der Waals surface area contributed by atoms with Gasteiger partial charge in [-0.2, -0.15) is 0 Å². The van der Waals surface area contributed by atoms with Crippen LogP contribution >= 0.6 is 0 Å². The van der Waals surface area contributed by atoms with E-state index >= 15 is 0 Å². The Balaban J connectivity index is 2.04. The number of rotatable bonds is 7. The highest BCUT2D eigenvalue weighted by atomic mass is 16.5. The van der Waals surface area contributed by atoms with E-state index in [4.69, 9.17) is 4.74 Å². The van der Waals surface area contributed by atoms with Crippen molar-refractivity contribution >= 4 is 11.6 Å². The predicted molar refractivity (Wildman–Crippen MR) is 77.4 cm³/mol. The highest BCUT2D eigenvalue weighted by Crippen LogP contribution is 2.43. The molecule has 106 valence electrons. The SMILES string of the molecule is CCC1(CNc2cc(NC)nc(COC)n2)CCC1. The normalized spacial score (nSPS) is 16.8. The number of nitrogens with zero attached hydrogens (tertiary/aromatic N) is 2. The van der Waals surface area contributed by atoms with E-state index in [1.807, 2.05) is 13.1 Å². The van der Waals surface area contributed by atoms with E-state index in [9.17, 15) is 0 Å². The van der Waals surface area contributed by atoms with Gasteiger partial charge in [-0.15, -0.1) is 0 Å². The lowest BCUT2D eigenvalue weighted by atomic mass is 9.67. The molecule has 0 bridgehead atoms. The molecule has 1 aliphatic rings. The zero-order chi connectivity index (χ0) is 13.7. The Kier molecular flexibility index (Phi) is 4.58. The van der Waals surface area contributed by atoms with Gasteiger partial charge in [0.05, 0.1) is 0 Å². The number of nitrogens with one attached hydrogen (secondary N) is 2. The second-order valence-electron chi connectivity index (χ2n) is 5.30. The molecule has 1 saturated carbocycles. The summed E-state index contributed by atoms with van der Waals surface area (Å²) >= 11 is 0. The van der Waals surface area contributed by atoms with Crippen molar-refractivity contribution in [1.82, 2.24) is 9.97 Å². The lowest BCUT2D eigenvalue weighted by Gasteiger charge is -2.41. The first-order chi connectivity index (χ1) is 9.21. The quantitative estimate of drug-likeness (QED) is 0.793. The number of ether oxygens (including phenoxy) is 1. The maximum atomic E-state index is 5.10. The molecule has 0 amide bonds. The molecule has 5 heteroatoms. The minimum atomic E-state index is 0.434. The molecule has 2 rings (SSSR count). The lowest BCUT2D eigenvalue weighted by molar-refractivity contribution is 0.145. The van der Waals surface area contributed by atoms with Crippen LogP contribution in [0.2, 0.25) is 0 Å². The molecule has 1 heterocycles. The maximum absolute atomic E-state index is 5.10. The molecule has 1 aliphatic carbocycles. The largest absolute Gasteiger partial charge is 0.377 e. The van der Waals surface area contributed by atoms with Crippen LogP contribution in [0.25, 0.3) is 0 Å². The summed E-state index contributed by atoms with van der Waals surface area (Å²) in [5.74, 6) is 2.41. The second-order valence-corrected chi connectivity index (χ2v) is 5.30. The summed E-state index contributed by atoms with van der Waals surface area (Å²) in [6.07, 6.45) is 5.24. The molecule has 0 aromatic carbocycles. The fourth-order valence-corrected chi connectivity index (χ4v) is 2.52. The van der Waals surface area contributed by atoms with Crippen LogP contribution in [0.1, 0.15) is 38.4 Å². The number of hydrogen-bond acceptors (Lipinski definition) is 5. The number of anilines is 2. The van der Waals surface area contributed by atoms with Gasteiger partial charge in [-0.25, -0.2) is 9.97 Å². The monoisotopic (exact) mass is 264 g/mol. The first-order valence-electron chi connectivity index (χ1n) is 7.00. The summed E-state index contributed by atoms with van der Waals surface area (Å²) in [5.41, 5.74) is 0.478. The molecule has 0 aliphatic heterocycles. The van der Waals surface area contributed by atoms with Crippen molar-refractivity contribution in [1.29, 1.82) is 0 Å². The van der Waals surface area contributed by atoms with E-state index in [2.05, 4.69) is 27.5 Å². The molecule has 1 aromatic rings. The Bertz CT molecular complexity index is 412. The first kappa shape index (κ1) is 14.1. The average Bonchev–Trinajstić information content (AvgIpc) is 2.38. The summed E-state index contributed by atoms with van der Waals surface area (Å²) in [6, 6.07) is 1.95. The highest BCUT2D eigenvalue weighted by molar-refractivity contribution is 5.47. The second kappa shape index (κ2) is 6.19. The average molecular weight is 264 g/mol. The van der Waals surface area contributed by atoms with Gasteiger partial charge in [0.1, 0.15) is 18.2 Å². The summed E-state index contributed by atoms with van der Waals surface area (Å²) in [7, 11) is 3.52. The predicted octanol–water partition coefficient (Wildman–Crippen LogP) is 2.66. The van der Waals surface area contributed by atoms with Crippen molar-refractivity contribution < 1.29 is 4.74 Å². The number of hydrogen-bond donors (Lipinski definition) is 2. The van der Waals surface area contributed by atoms with Crippen molar-refractivity contribution in [3.63, 3.8) is 0 Å². The van der Waals surface area contributed by atoms with E-state index in [-0.39, 0.29) is 0 Å². The van der Waals surface area contributed by atoms with Gasteiger partial charge in [0.25, 0.3) is 0 Å². The fraction of sp³-hybridized carbons (Fsp3) is 0.714. The Labute approximate surface area is 115 Å². The number of aromatic nitrogens is 2. The highest BCUT2D eigenvalue weighted by Gasteiger charge is 2.34. The molecule has 0 radical (unpaired) electrons. The molecule has 0 atom stereocenters. The van der Waals surface area contributed by atoms with Crippen molar-refractivity contribution in [3.8, 4) is 0 Å². The minimum Gasteiger partial charge on any atom is -0.377 e. The molecular weight excluding hydrogens is 240 g/mol. The third-order valence-corrected chi connectivity index (χ3v) is 4.11. The van der Waals surface area contributed by atoms with Gasteiger partial charge in [0, 0.05) is 26.8 Å². The smallest absolute Gasteiger partial charge is 0.158 e. The Morgan fingerprint density at radius 2 is 2.05 bits per heavy atom.